The van der Waals surface area contributed by atoms with Crippen molar-refractivity contribution in [1.82, 2.24) is 19.5 Å². The number of nitrogens with zero attached hydrogens (tertiary/aromatic N) is 10. The first-order valence-corrected chi connectivity index (χ1v) is 8.83. The lowest BCUT2D eigenvalue weighted by molar-refractivity contribution is -0.131. The number of aliphatic hydroxyl groups excluding tert-OH is 1. The van der Waals surface area contributed by atoms with Crippen molar-refractivity contribution in [3.63, 3.8) is 0 Å². The van der Waals surface area contributed by atoms with Crippen LogP contribution in [0.4, 0.5) is 10.3 Å². The van der Waals surface area contributed by atoms with Gasteiger partial charge in [0.25, 0.3) is 5.95 Å². The number of halogens is 1. The third-order valence-electron chi connectivity index (χ3n) is 4.79. The van der Waals surface area contributed by atoms with E-state index >= 15 is 0 Å². The highest BCUT2D eigenvalue weighted by atomic mass is 19.1. The molecule has 0 aromatic carbocycles. The van der Waals surface area contributed by atoms with E-state index in [2.05, 4.69) is 40.5 Å². The SMILES string of the molecule is CCOc1nc(N=NN)nc2c1ncn2[C@@H]1O[C@@](CO)(CF)[C@@H](N=O)[C@]1(O)CN=[N+]=[N-]. The molecule has 0 bridgehead atoms. The zero-order valence-corrected chi connectivity index (χ0v) is 16.1. The number of nitrogens with two attached hydrogens (primary N) is 1. The fourth-order valence-electron chi connectivity index (χ4n) is 3.43. The summed E-state index contributed by atoms with van der Waals surface area (Å²) in [6.45, 7) is -1.18. The maximum absolute atomic E-state index is 13.9. The average Bonchev–Trinajstić information content (AvgIpc) is 3.29. The minimum Gasteiger partial charge on any atom is -0.476 e. The van der Waals surface area contributed by atoms with Crippen LogP contribution < -0.4 is 10.6 Å². The molecule has 1 aliphatic heterocycles. The first-order chi connectivity index (χ1) is 14.9. The Labute approximate surface area is 172 Å². The summed E-state index contributed by atoms with van der Waals surface area (Å²) in [4.78, 5) is 26.4. The lowest BCUT2D eigenvalue weighted by atomic mass is 9.85. The predicted octanol–water partition coefficient (Wildman–Crippen LogP) is 0.588. The zero-order chi connectivity index (χ0) is 22.6. The van der Waals surface area contributed by atoms with E-state index in [-0.39, 0.29) is 29.6 Å². The fraction of sp³-hybridized carbons (Fsp3) is 0.643. The first-order valence-electron chi connectivity index (χ1n) is 8.83. The van der Waals surface area contributed by atoms with Crippen molar-refractivity contribution in [2.24, 2.45) is 26.5 Å². The topological polar surface area (TPSA) is 231 Å². The van der Waals surface area contributed by atoms with Gasteiger partial charge in [0, 0.05) is 4.91 Å². The van der Waals surface area contributed by atoms with Gasteiger partial charge in [-0.05, 0) is 12.5 Å². The minimum atomic E-state index is -2.36. The van der Waals surface area contributed by atoms with Gasteiger partial charge in [0.15, 0.2) is 29.0 Å². The van der Waals surface area contributed by atoms with Gasteiger partial charge in [0.2, 0.25) is 5.88 Å². The number of alkyl halides is 1. The summed E-state index contributed by atoms with van der Waals surface area (Å²) in [6, 6.07) is -1.83. The highest BCUT2D eigenvalue weighted by Gasteiger charge is 2.65. The molecule has 0 saturated carbocycles. The summed E-state index contributed by atoms with van der Waals surface area (Å²) in [5.41, 5.74) is 4.26. The Morgan fingerprint density at radius 3 is 2.87 bits per heavy atom. The Balaban J connectivity index is 2.25. The Morgan fingerprint density at radius 2 is 2.29 bits per heavy atom. The van der Waals surface area contributed by atoms with Gasteiger partial charge in [0.05, 0.1) is 26.1 Å². The Morgan fingerprint density at radius 1 is 1.52 bits per heavy atom. The van der Waals surface area contributed by atoms with Gasteiger partial charge in [-0.25, -0.2) is 9.37 Å². The van der Waals surface area contributed by atoms with Gasteiger partial charge < -0.3 is 25.5 Å². The number of azide groups is 1. The smallest absolute Gasteiger partial charge is 0.276 e. The van der Waals surface area contributed by atoms with Crippen molar-refractivity contribution in [2.45, 2.75) is 30.4 Å². The number of aliphatic hydroxyl groups is 2. The van der Waals surface area contributed by atoms with Gasteiger partial charge in [-0.1, -0.05) is 20.6 Å². The van der Waals surface area contributed by atoms with Gasteiger partial charge in [-0.15, -0.1) is 0 Å². The van der Waals surface area contributed by atoms with Gasteiger partial charge in [-0.2, -0.15) is 14.9 Å². The van der Waals surface area contributed by atoms with Crippen molar-refractivity contribution in [3.05, 3.63) is 21.7 Å². The zero-order valence-electron chi connectivity index (χ0n) is 16.1. The van der Waals surface area contributed by atoms with Crippen LogP contribution in [0, 0.1) is 4.91 Å². The van der Waals surface area contributed by atoms with Crippen LogP contribution in [0.5, 0.6) is 5.88 Å². The highest BCUT2D eigenvalue weighted by molar-refractivity contribution is 5.77. The van der Waals surface area contributed by atoms with Crippen molar-refractivity contribution in [2.75, 3.05) is 26.4 Å². The molecule has 1 aliphatic rings. The maximum Gasteiger partial charge on any atom is 0.276 e. The molecule has 17 heteroatoms. The van der Waals surface area contributed by atoms with Gasteiger partial charge in [-0.3, -0.25) is 4.57 Å². The molecule has 0 radical (unpaired) electrons. The molecule has 0 unspecified atom stereocenters. The quantitative estimate of drug-likeness (QED) is 0.124. The Kier molecular flexibility index (Phi) is 6.21. The summed E-state index contributed by atoms with van der Waals surface area (Å²) in [5, 5.41) is 33.7. The molecule has 2 aromatic heterocycles. The van der Waals surface area contributed by atoms with Crippen LogP contribution >= 0.6 is 0 Å². The largest absolute Gasteiger partial charge is 0.476 e. The third kappa shape index (κ3) is 3.48. The molecule has 1 saturated heterocycles. The molecule has 0 aliphatic carbocycles. The third-order valence-corrected chi connectivity index (χ3v) is 4.79. The number of fused-ring (bicyclic) bond motifs is 1. The van der Waals surface area contributed by atoms with E-state index in [0.29, 0.717) is 0 Å². The monoisotopic (exact) mass is 439 g/mol. The van der Waals surface area contributed by atoms with Gasteiger partial charge >= 0.3 is 0 Å². The molecule has 166 valence electrons. The standard InChI is InChI=1S/C14H18FN11O5/c1-2-30-9-7-8(20-12(21-9)22-25-17)26(6-18-7)11-14(28,4-19-24-16)10(23-29)13(3-15,5-27)31-11/h6,10-11,27-28H,2-5H2,1H3,(H2,17,20,21,22)/t10-,11-,13-,14-/m1/s1. The number of imidazole rings is 1. The molecule has 2 aromatic rings. The fourth-order valence-corrected chi connectivity index (χ4v) is 3.43. The van der Waals surface area contributed by atoms with E-state index in [1.807, 2.05) is 0 Å². The molecular formula is C14H18FN11O5. The van der Waals surface area contributed by atoms with E-state index < -0.39 is 43.3 Å². The molecule has 0 spiro atoms. The van der Waals surface area contributed by atoms with Crippen LogP contribution in [0.25, 0.3) is 21.6 Å². The average molecular weight is 439 g/mol. The van der Waals surface area contributed by atoms with Crippen LogP contribution in [0.3, 0.4) is 0 Å². The molecule has 3 rings (SSSR count). The maximum atomic E-state index is 13.9. The molecule has 3 heterocycles. The van der Waals surface area contributed by atoms with E-state index in [9.17, 15) is 19.5 Å². The van der Waals surface area contributed by atoms with Crippen LogP contribution in [-0.2, 0) is 4.74 Å². The molecular weight excluding hydrogens is 421 g/mol. The van der Waals surface area contributed by atoms with E-state index in [1.165, 1.54) is 0 Å². The van der Waals surface area contributed by atoms with Crippen LogP contribution in [0.15, 0.2) is 27.0 Å². The molecule has 16 nitrogen and oxygen atoms in total. The highest BCUT2D eigenvalue weighted by Crippen LogP contribution is 2.47. The number of hydrogen-bond acceptors (Lipinski definition) is 12. The Hall–Kier alpha value is -3.53. The summed E-state index contributed by atoms with van der Waals surface area (Å²) >= 11 is 0. The van der Waals surface area contributed by atoms with E-state index in [1.54, 1.807) is 6.92 Å². The number of rotatable bonds is 9. The van der Waals surface area contributed by atoms with Crippen molar-refractivity contribution in [1.29, 1.82) is 0 Å². The van der Waals surface area contributed by atoms with Crippen molar-refractivity contribution in [3.8, 4) is 5.88 Å². The number of aromatic nitrogens is 4. The van der Waals surface area contributed by atoms with E-state index in [0.717, 1.165) is 10.9 Å². The van der Waals surface area contributed by atoms with Crippen LogP contribution in [-0.4, -0.2) is 73.4 Å². The minimum absolute atomic E-state index is 0.00853. The molecule has 4 N–H and O–H groups in total. The summed E-state index contributed by atoms with van der Waals surface area (Å²) in [5.74, 6) is 4.84. The van der Waals surface area contributed by atoms with Crippen LogP contribution in [0.1, 0.15) is 13.2 Å². The van der Waals surface area contributed by atoms with Crippen molar-refractivity contribution < 1.29 is 24.1 Å². The summed E-state index contributed by atoms with van der Waals surface area (Å²) in [7, 11) is 0. The van der Waals surface area contributed by atoms with Crippen molar-refractivity contribution >= 4 is 17.1 Å². The molecule has 1 fully saturated rings. The normalized spacial score (nSPS) is 28.1. The number of hydrogen-bond donors (Lipinski definition) is 3. The lowest BCUT2D eigenvalue weighted by Gasteiger charge is -2.30. The first kappa shape index (κ1) is 22.2. The summed E-state index contributed by atoms with van der Waals surface area (Å²) in [6.07, 6.45) is -0.439. The Bertz CT molecular complexity index is 1040. The summed E-state index contributed by atoms with van der Waals surface area (Å²) < 4.78 is 26.1. The van der Waals surface area contributed by atoms with Gasteiger partial charge in [0.1, 0.15) is 12.3 Å². The predicted molar refractivity (Wildman–Crippen MR) is 99.7 cm³/mol. The molecule has 4 atom stereocenters. The molecule has 31 heavy (non-hydrogen) atoms. The molecule has 0 amide bonds. The second-order valence-electron chi connectivity index (χ2n) is 6.52. The number of ether oxygens (including phenoxy) is 2. The number of nitroso groups, excluding NO2 is 1. The van der Waals surface area contributed by atoms with Crippen LogP contribution in [0.2, 0.25) is 0 Å². The lowest BCUT2D eigenvalue weighted by Crippen LogP contribution is -2.54. The van der Waals surface area contributed by atoms with E-state index in [4.69, 9.17) is 20.8 Å². The second kappa shape index (κ2) is 8.68. The second-order valence-corrected chi connectivity index (χ2v) is 6.52.